The number of allylic oxidation sites excluding steroid dienone is 1. The van der Waals surface area contributed by atoms with E-state index in [4.69, 9.17) is 5.11 Å². The molecule has 0 fully saturated rings. The Bertz CT molecular complexity index is 603. The summed E-state index contributed by atoms with van der Waals surface area (Å²) < 4.78 is 0. The highest BCUT2D eigenvalue weighted by Crippen LogP contribution is 2.37. The summed E-state index contributed by atoms with van der Waals surface area (Å²) in [5.41, 5.74) is 1.23. The molecule has 0 saturated carbocycles. The Balaban J connectivity index is 2.19. The number of aliphatic hydroxyl groups excluding tert-OH is 1. The van der Waals surface area contributed by atoms with Gasteiger partial charge in [0.1, 0.15) is 0 Å². The molecule has 3 N–H and O–H groups in total. The summed E-state index contributed by atoms with van der Waals surface area (Å²) in [6.07, 6.45) is 12.9. The maximum atomic E-state index is 10.9. The second-order valence-corrected chi connectivity index (χ2v) is 12.4. The third kappa shape index (κ3) is 11.7. The number of carboxylic acid groups (broad SMARTS) is 1. The van der Waals surface area contributed by atoms with E-state index in [1.807, 2.05) is 6.92 Å². The lowest BCUT2D eigenvalue weighted by atomic mass is 9.78. The Kier molecular flexibility index (Phi) is 13.8. The summed E-state index contributed by atoms with van der Waals surface area (Å²) in [5, 5.41) is 29.8. The van der Waals surface area contributed by atoms with E-state index < -0.39 is 11.6 Å². The third-order valence-corrected chi connectivity index (χ3v) is 9.29. The average Bonchev–Trinajstić information content (AvgIpc) is 2.73. The smallest absolute Gasteiger partial charge is 0.306 e. The monoisotopic (exact) mass is 484 g/mol. The Hall–Kier alpha value is -0.440. The highest BCUT2D eigenvalue weighted by Gasteiger charge is 2.31. The minimum Gasteiger partial charge on any atom is -0.481 e. The van der Waals surface area contributed by atoms with Crippen molar-refractivity contribution in [2.24, 2.45) is 29.6 Å². The highest BCUT2D eigenvalue weighted by atomic mass is 31.0. The summed E-state index contributed by atoms with van der Waals surface area (Å²) in [6.45, 7) is 12.7. The Morgan fingerprint density at radius 3 is 2.06 bits per heavy atom. The van der Waals surface area contributed by atoms with Crippen molar-refractivity contribution in [3.05, 3.63) is 11.6 Å². The van der Waals surface area contributed by atoms with Gasteiger partial charge < -0.3 is 15.3 Å². The predicted octanol–water partition coefficient (Wildman–Crippen LogP) is 6.84. The van der Waals surface area contributed by atoms with Gasteiger partial charge in [-0.15, -0.1) is 9.24 Å². The fraction of sp³-hybridized carbons (Fsp3) is 0.893. The van der Waals surface area contributed by atoms with Crippen LogP contribution < -0.4 is 0 Å². The quantitative estimate of drug-likeness (QED) is 0.166. The van der Waals surface area contributed by atoms with Crippen molar-refractivity contribution in [1.82, 2.24) is 0 Å². The van der Waals surface area contributed by atoms with Crippen molar-refractivity contribution in [2.75, 3.05) is 0 Å². The van der Waals surface area contributed by atoms with Crippen molar-refractivity contribution >= 4 is 15.2 Å². The number of hydrogen-bond acceptors (Lipinski definition) is 3. The second kappa shape index (κ2) is 14.8. The minimum atomic E-state index is -0.750. The molecule has 0 aliphatic heterocycles. The van der Waals surface area contributed by atoms with E-state index in [1.165, 1.54) is 31.3 Å². The highest BCUT2D eigenvalue weighted by molar-refractivity contribution is 7.18. The number of aliphatic hydroxyl groups is 2. The molecule has 0 bridgehead atoms. The first kappa shape index (κ1) is 30.6. The van der Waals surface area contributed by atoms with Gasteiger partial charge in [0.15, 0.2) is 0 Å². The fourth-order valence-electron chi connectivity index (χ4n) is 5.09. The van der Waals surface area contributed by atoms with E-state index in [1.54, 1.807) is 6.92 Å². The zero-order chi connectivity index (χ0) is 25.2. The zero-order valence-electron chi connectivity index (χ0n) is 22.2. The van der Waals surface area contributed by atoms with E-state index in [0.29, 0.717) is 42.2 Å². The van der Waals surface area contributed by atoms with Crippen LogP contribution in [0.4, 0.5) is 0 Å². The number of rotatable bonds is 16. The van der Waals surface area contributed by atoms with Crippen LogP contribution in [0.25, 0.3) is 0 Å². The van der Waals surface area contributed by atoms with Crippen LogP contribution in [-0.2, 0) is 4.79 Å². The van der Waals surface area contributed by atoms with Crippen LogP contribution in [0, 0.1) is 29.6 Å². The van der Waals surface area contributed by atoms with Crippen LogP contribution >= 0.6 is 9.24 Å². The standard InChI is InChI=1S/C28H53O4P/c1-19(12-8-16-28(6,32)17-9-13-21(3)27(30)31)10-7-11-20(2)14-15-24-18-25(29)22(4)23(5)26(24)33/h18-23,25-26,29,32H,7-17,33H2,1-6H3,(H,30,31). The van der Waals surface area contributed by atoms with Crippen LogP contribution in [0.1, 0.15) is 112 Å². The maximum Gasteiger partial charge on any atom is 0.306 e. The molecule has 9 unspecified atom stereocenters. The lowest BCUT2D eigenvalue weighted by molar-refractivity contribution is -0.141. The molecule has 1 aliphatic carbocycles. The summed E-state index contributed by atoms with van der Waals surface area (Å²) in [4.78, 5) is 10.9. The maximum absolute atomic E-state index is 10.9. The normalized spacial score (nSPS) is 28.0. The summed E-state index contributed by atoms with van der Waals surface area (Å²) in [5.74, 6) is 1.14. The first-order valence-corrected chi connectivity index (χ1v) is 14.1. The van der Waals surface area contributed by atoms with Crippen LogP contribution in [0.2, 0.25) is 0 Å². The molecule has 194 valence electrons. The molecule has 9 atom stereocenters. The molecule has 0 spiro atoms. The molecule has 1 rings (SSSR count). The zero-order valence-corrected chi connectivity index (χ0v) is 23.4. The van der Waals surface area contributed by atoms with Crippen LogP contribution in [0.15, 0.2) is 11.6 Å². The molecular weight excluding hydrogens is 431 g/mol. The van der Waals surface area contributed by atoms with Crippen molar-refractivity contribution < 1.29 is 20.1 Å². The predicted molar refractivity (Wildman–Crippen MR) is 142 cm³/mol. The van der Waals surface area contributed by atoms with E-state index in [-0.39, 0.29) is 12.0 Å². The molecule has 0 radical (unpaired) electrons. The first-order chi connectivity index (χ1) is 15.3. The van der Waals surface area contributed by atoms with Crippen molar-refractivity contribution in [3.8, 4) is 0 Å². The van der Waals surface area contributed by atoms with Gasteiger partial charge in [0.25, 0.3) is 0 Å². The minimum absolute atomic E-state index is 0.294. The van der Waals surface area contributed by atoms with Crippen molar-refractivity contribution in [3.63, 3.8) is 0 Å². The molecule has 0 saturated heterocycles. The number of hydrogen-bond donors (Lipinski definition) is 3. The van der Waals surface area contributed by atoms with Crippen LogP contribution in [0.5, 0.6) is 0 Å². The van der Waals surface area contributed by atoms with Gasteiger partial charge in [0, 0.05) is 0 Å². The van der Waals surface area contributed by atoms with Crippen LogP contribution in [0.3, 0.4) is 0 Å². The molecule has 0 aromatic heterocycles. The molecule has 0 aromatic carbocycles. The molecule has 1 aliphatic rings. The molecule has 0 amide bonds. The van der Waals surface area contributed by atoms with E-state index in [0.717, 1.165) is 32.1 Å². The number of carboxylic acids is 1. The molecule has 0 heterocycles. The van der Waals surface area contributed by atoms with Gasteiger partial charge in [-0.05, 0) is 74.8 Å². The Morgan fingerprint density at radius 1 is 0.970 bits per heavy atom. The lowest BCUT2D eigenvalue weighted by Gasteiger charge is -2.36. The molecule has 5 heteroatoms. The number of carbonyl (C=O) groups is 1. The SMILES string of the molecule is CC(CCCC(C)CCC1=CC(O)C(C)C(C)C1P)CCCC(C)(O)CCCC(C)C(=O)O. The van der Waals surface area contributed by atoms with E-state index in [9.17, 15) is 15.0 Å². The van der Waals surface area contributed by atoms with E-state index >= 15 is 0 Å². The van der Waals surface area contributed by atoms with Gasteiger partial charge in [-0.3, -0.25) is 4.79 Å². The topological polar surface area (TPSA) is 77.8 Å². The molecule has 0 aromatic rings. The fourth-order valence-corrected chi connectivity index (χ4v) is 5.72. The lowest BCUT2D eigenvalue weighted by Crippen LogP contribution is -2.34. The van der Waals surface area contributed by atoms with Gasteiger partial charge in [-0.2, -0.15) is 0 Å². The van der Waals surface area contributed by atoms with Crippen LogP contribution in [-0.4, -0.2) is 38.7 Å². The Labute approximate surface area is 206 Å². The molecule has 33 heavy (non-hydrogen) atoms. The first-order valence-electron chi connectivity index (χ1n) is 13.4. The average molecular weight is 485 g/mol. The van der Waals surface area contributed by atoms with Crippen molar-refractivity contribution in [2.45, 2.75) is 130 Å². The van der Waals surface area contributed by atoms with Gasteiger partial charge >= 0.3 is 5.97 Å². The summed E-state index contributed by atoms with van der Waals surface area (Å²) in [6, 6.07) is 0. The van der Waals surface area contributed by atoms with Gasteiger partial charge in [-0.25, -0.2) is 0 Å². The molecular formula is C28H53O4P. The van der Waals surface area contributed by atoms with Gasteiger partial charge in [0.05, 0.1) is 17.6 Å². The third-order valence-electron chi connectivity index (χ3n) is 8.25. The van der Waals surface area contributed by atoms with Gasteiger partial charge in [0.2, 0.25) is 0 Å². The van der Waals surface area contributed by atoms with Gasteiger partial charge in [-0.1, -0.05) is 78.4 Å². The second-order valence-electron chi connectivity index (χ2n) is 11.7. The summed E-state index contributed by atoms with van der Waals surface area (Å²) in [7, 11) is 3.00. The largest absolute Gasteiger partial charge is 0.481 e. The van der Waals surface area contributed by atoms with Crippen molar-refractivity contribution in [1.29, 1.82) is 0 Å². The summed E-state index contributed by atoms with van der Waals surface area (Å²) >= 11 is 0. The van der Waals surface area contributed by atoms with E-state index in [2.05, 4.69) is 43.0 Å². The Morgan fingerprint density at radius 2 is 1.48 bits per heavy atom. The molecule has 4 nitrogen and oxygen atoms in total. The number of aliphatic carboxylic acids is 1.